The number of nitrogens with zero attached hydrogens (tertiary/aromatic N) is 3. The minimum Gasteiger partial charge on any atom is -0.356 e. The SMILES string of the molecule is Cc1nc(Nc2ccc(NC(=O)c3ccc(-c4ccccc4)cc3)cc2)cc(N2CCCC2)n1. The van der Waals surface area contributed by atoms with Crippen LogP contribution in [0.3, 0.4) is 0 Å². The summed E-state index contributed by atoms with van der Waals surface area (Å²) in [5.41, 5.74) is 4.46. The van der Waals surface area contributed by atoms with Crippen LogP contribution in [0.2, 0.25) is 0 Å². The van der Waals surface area contributed by atoms with E-state index in [4.69, 9.17) is 0 Å². The van der Waals surface area contributed by atoms with Gasteiger partial charge in [-0.3, -0.25) is 4.79 Å². The lowest BCUT2D eigenvalue weighted by Crippen LogP contribution is -2.19. The second-order valence-electron chi connectivity index (χ2n) is 8.45. The van der Waals surface area contributed by atoms with Crippen LogP contribution in [0.25, 0.3) is 11.1 Å². The average Bonchev–Trinajstić information content (AvgIpc) is 3.41. The van der Waals surface area contributed by atoms with Gasteiger partial charge in [0.2, 0.25) is 0 Å². The Balaban J connectivity index is 1.23. The van der Waals surface area contributed by atoms with Crippen LogP contribution in [0.15, 0.2) is 84.9 Å². The molecule has 2 N–H and O–H groups in total. The van der Waals surface area contributed by atoms with E-state index in [1.54, 1.807) is 0 Å². The Morgan fingerprint density at radius 2 is 1.44 bits per heavy atom. The van der Waals surface area contributed by atoms with E-state index in [2.05, 4.69) is 37.6 Å². The van der Waals surface area contributed by atoms with Gasteiger partial charge in [-0.15, -0.1) is 0 Å². The van der Waals surface area contributed by atoms with Crippen molar-refractivity contribution in [3.63, 3.8) is 0 Å². The van der Waals surface area contributed by atoms with Crippen molar-refractivity contribution in [3.05, 3.63) is 96.3 Å². The van der Waals surface area contributed by atoms with E-state index in [0.717, 1.165) is 53.1 Å². The molecule has 0 atom stereocenters. The number of nitrogens with one attached hydrogen (secondary N) is 2. The summed E-state index contributed by atoms with van der Waals surface area (Å²) in [7, 11) is 0. The topological polar surface area (TPSA) is 70.2 Å². The van der Waals surface area contributed by atoms with Gasteiger partial charge >= 0.3 is 0 Å². The van der Waals surface area contributed by atoms with Crippen molar-refractivity contribution >= 4 is 28.9 Å². The van der Waals surface area contributed by atoms with Gasteiger partial charge in [0.05, 0.1) is 0 Å². The highest BCUT2D eigenvalue weighted by Crippen LogP contribution is 2.24. The molecule has 0 saturated carbocycles. The number of hydrogen-bond acceptors (Lipinski definition) is 5. The molecule has 0 aliphatic carbocycles. The lowest BCUT2D eigenvalue weighted by molar-refractivity contribution is 0.102. The molecule has 1 aliphatic heterocycles. The Morgan fingerprint density at radius 3 is 2.15 bits per heavy atom. The molecule has 1 saturated heterocycles. The van der Waals surface area contributed by atoms with Crippen molar-refractivity contribution in [2.24, 2.45) is 0 Å². The Labute approximate surface area is 199 Å². The van der Waals surface area contributed by atoms with Crippen LogP contribution in [0.4, 0.5) is 23.0 Å². The molecule has 0 radical (unpaired) electrons. The van der Waals surface area contributed by atoms with E-state index in [1.165, 1.54) is 12.8 Å². The van der Waals surface area contributed by atoms with Crippen LogP contribution < -0.4 is 15.5 Å². The van der Waals surface area contributed by atoms with Crippen molar-refractivity contribution in [2.75, 3.05) is 28.6 Å². The number of aryl methyl sites for hydroxylation is 1. The number of hydrogen-bond donors (Lipinski definition) is 2. The van der Waals surface area contributed by atoms with Gasteiger partial charge in [-0.25, -0.2) is 9.97 Å². The molecule has 0 bridgehead atoms. The Morgan fingerprint density at radius 1 is 0.794 bits per heavy atom. The predicted molar refractivity (Wildman–Crippen MR) is 138 cm³/mol. The van der Waals surface area contributed by atoms with Crippen molar-refractivity contribution < 1.29 is 4.79 Å². The summed E-state index contributed by atoms with van der Waals surface area (Å²) in [6, 6.07) is 27.4. The van der Waals surface area contributed by atoms with Gasteiger partial charge in [-0.1, -0.05) is 42.5 Å². The van der Waals surface area contributed by atoms with E-state index < -0.39 is 0 Å². The molecule has 1 aromatic heterocycles. The standard InChI is InChI=1S/C28H27N5O/c1-20-29-26(19-27(30-20)33-17-5-6-18-33)31-24-13-15-25(16-14-24)32-28(34)23-11-9-22(10-12-23)21-7-3-2-4-8-21/h2-4,7-16,19H,5-6,17-18H2,1H3,(H,32,34)(H,29,30,31). The fraction of sp³-hybridized carbons (Fsp3) is 0.179. The summed E-state index contributed by atoms with van der Waals surface area (Å²) in [5, 5.41) is 6.32. The highest BCUT2D eigenvalue weighted by Gasteiger charge is 2.15. The van der Waals surface area contributed by atoms with Gasteiger partial charge < -0.3 is 15.5 Å². The third-order valence-electron chi connectivity index (χ3n) is 5.92. The van der Waals surface area contributed by atoms with E-state index in [1.807, 2.05) is 79.7 Å². The van der Waals surface area contributed by atoms with Gasteiger partial charge in [0.25, 0.3) is 5.91 Å². The summed E-state index contributed by atoms with van der Waals surface area (Å²) in [6.07, 6.45) is 2.41. The van der Waals surface area contributed by atoms with Gasteiger partial charge in [0.15, 0.2) is 0 Å². The first-order valence-corrected chi connectivity index (χ1v) is 11.6. The number of carbonyl (C=O) groups excluding carboxylic acids is 1. The highest BCUT2D eigenvalue weighted by molar-refractivity contribution is 6.04. The molecule has 1 aliphatic rings. The van der Waals surface area contributed by atoms with E-state index >= 15 is 0 Å². The first-order valence-electron chi connectivity index (χ1n) is 11.6. The summed E-state index contributed by atoms with van der Waals surface area (Å²) in [6.45, 7) is 3.99. The molecule has 0 spiro atoms. The minimum absolute atomic E-state index is 0.137. The number of anilines is 4. The second kappa shape index (κ2) is 9.75. The monoisotopic (exact) mass is 449 g/mol. The lowest BCUT2D eigenvalue weighted by Gasteiger charge is -2.18. The zero-order valence-corrected chi connectivity index (χ0v) is 19.2. The molecular formula is C28H27N5O. The zero-order valence-electron chi connectivity index (χ0n) is 19.2. The van der Waals surface area contributed by atoms with Gasteiger partial charge in [-0.2, -0.15) is 0 Å². The summed E-state index contributed by atoms with van der Waals surface area (Å²) < 4.78 is 0. The Hall–Kier alpha value is -4.19. The number of carbonyl (C=O) groups is 1. The van der Waals surface area contributed by atoms with Crippen molar-refractivity contribution in [2.45, 2.75) is 19.8 Å². The number of amides is 1. The molecule has 1 amide bonds. The predicted octanol–water partition coefficient (Wildman–Crippen LogP) is 6.05. The first-order chi connectivity index (χ1) is 16.6. The van der Waals surface area contributed by atoms with Crippen LogP contribution in [0, 0.1) is 6.92 Å². The number of benzene rings is 3. The molecule has 3 aromatic carbocycles. The fourth-order valence-corrected chi connectivity index (χ4v) is 4.16. The lowest BCUT2D eigenvalue weighted by atomic mass is 10.0. The quantitative estimate of drug-likeness (QED) is 0.375. The second-order valence-corrected chi connectivity index (χ2v) is 8.45. The average molecular weight is 450 g/mol. The minimum atomic E-state index is -0.137. The van der Waals surface area contributed by atoms with Crippen molar-refractivity contribution in [1.82, 2.24) is 9.97 Å². The summed E-state index contributed by atoms with van der Waals surface area (Å²) in [4.78, 5) is 24.1. The van der Waals surface area contributed by atoms with Gasteiger partial charge in [-0.05, 0) is 67.3 Å². The smallest absolute Gasteiger partial charge is 0.255 e. The van der Waals surface area contributed by atoms with Crippen LogP contribution >= 0.6 is 0 Å². The molecule has 1 fully saturated rings. The van der Waals surface area contributed by atoms with Crippen LogP contribution in [-0.2, 0) is 0 Å². The van der Waals surface area contributed by atoms with Gasteiger partial charge in [0, 0.05) is 36.1 Å². The van der Waals surface area contributed by atoms with E-state index in [0.29, 0.717) is 5.56 Å². The highest BCUT2D eigenvalue weighted by atomic mass is 16.1. The maximum atomic E-state index is 12.7. The van der Waals surface area contributed by atoms with Crippen LogP contribution in [0.5, 0.6) is 0 Å². The summed E-state index contributed by atoms with van der Waals surface area (Å²) >= 11 is 0. The number of rotatable bonds is 6. The van der Waals surface area contributed by atoms with Crippen molar-refractivity contribution in [1.29, 1.82) is 0 Å². The Bertz CT molecular complexity index is 1260. The molecule has 6 heteroatoms. The van der Waals surface area contributed by atoms with E-state index in [-0.39, 0.29) is 5.91 Å². The summed E-state index contributed by atoms with van der Waals surface area (Å²) in [5.74, 6) is 2.34. The molecular weight excluding hydrogens is 422 g/mol. The third-order valence-corrected chi connectivity index (χ3v) is 5.92. The molecule has 0 unspecified atom stereocenters. The third kappa shape index (κ3) is 5.07. The molecule has 2 heterocycles. The zero-order chi connectivity index (χ0) is 23.3. The number of aromatic nitrogens is 2. The molecule has 170 valence electrons. The molecule has 34 heavy (non-hydrogen) atoms. The maximum absolute atomic E-state index is 12.7. The van der Waals surface area contributed by atoms with Crippen LogP contribution in [0.1, 0.15) is 29.0 Å². The maximum Gasteiger partial charge on any atom is 0.255 e. The van der Waals surface area contributed by atoms with Gasteiger partial charge in [0.1, 0.15) is 17.5 Å². The first kappa shape index (κ1) is 21.6. The van der Waals surface area contributed by atoms with E-state index in [9.17, 15) is 4.79 Å². The largest absolute Gasteiger partial charge is 0.356 e. The van der Waals surface area contributed by atoms with Crippen LogP contribution in [-0.4, -0.2) is 29.0 Å². The molecule has 4 aromatic rings. The molecule has 5 rings (SSSR count). The normalized spacial score (nSPS) is 13.0. The van der Waals surface area contributed by atoms with Crippen molar-refractivity contribution in [3.8, 4) is 11.1 Å². The molecule has 6 nitrogen and oxygen atoms in total. The Kier molecular flexibility index (Phi) is 6.21. The fourth-order valence-electron chi connectivity index (χ4n) is 4.16.